The van der Waals surface area contributed by atoms with E-state index in [0.29, 0.717) is 16.7 Å². The highest BCUT2D eigenvalue weighted by molar-refractivity contribution is 5.88. The number of fused-ring (bicyclic) bond motifs is 1. The molecule has 0 bridgehead atoms. The first kappa shape index (κ1) is 23.1. The van der Waals surface area contributed by atoms with E-state index >= 15 is 0 Å². The summed E-state index contributed by atoms with van der Waals surface area (Å²) >= 11 is 0. The van der Waals surface area contributed by atoms with E-state index in [1.807, 2.05) is 37.3 Å². The molecule has 0 spiro atoms. The number of carbonyl (C=O) groups is 2. The van der Waals surface area contributed by atoms with Gasteiger partial charge in [-0.2, -0.15) is 0 Å². The molecule has 1 aromatic heterocycles. The number of benzene rings is 2. The van der Waals surface area contributed by atoms with E-state index < -0.39 is 23.7 Å². The van der Waals surface area contributed by atoms with E-state index in [-0.39, 0.29) is 18.3 Å². The standard InChI is InChI=1S/C25H27NO6/c1-14(2)21(26-25(29)30-13-18-9-7-6-8-10-18)24(28)31-20-12-11-19-15(3)16(4)23(27)32-22(19)17(20)5/h6-12,14,21H,13H2,1-5H3,(H,26,29)/t21-/m0/s1. The molecule has 32 heavy (non-hydrogen) atoms. The average molecular weight is 437 g/mol. The van der Waals surface area contributed by atoms with Gasteiger partial charge < -0.3 is 19.2 Å². The fourth-order valence-corrected chi connectivity index (χ4v) is 3.30. The van der Waals surface area contributed by atoms with Gasteiger partial charge in [-0.15, -0.1) is 0 Å². The van der Waals surface area contributed by atoms with Gasteiger partial charge in [0.2, 0.25) is 0 Å². The molecule has 2 aromatic carbocycles. The third-order valence-electron chi connectivity index (χ3n) is 5.44. The summed E-state index contributed by atoms with van der Waals surface area (Å²) < 4.78 is 16.2. The van der Waals surface area contributed by atoms with E-state index in [1.54, 1.807) is 39.8 Å². The second-order valence-electron chi connectivity index (χ2n) is 8.05. The highest BCUT2D eigenvalue weighted by Crippen LogP contribution is 2.29. The Bertz CT molecular complexity index is 1200. The zero-order chi connectivity index (χ0) is 23.4. The van der Waals surface area contributed by atoms with Crippen molar-refractivity contribution >= 4 is 23.0 Å². The number of rotatable bonds is 6. The van der Waals surface area contributed by atoms with Crippen molar-refractivity contribution < 1.29 is 23.5 Å². The lowest BCUT2D eigenvalue weighted by Gasteiger charge is -2.21. The number of esters is 1. The van der Waals surface area contributed by atoms with Gasteiger partial charge in [0.25, 0.3) is 0 Å². The summed E-state index contributed by atoms with van der Waals surface area (Å²) in [5, 5.41) is 3.36. The summed E-state index contributed by atoms with van der Waals surface area (Å²) in [4.78, 5) is 37.2. The van der Waals surface area contributed by atoms with Crippen molar-refractivity contribution in [1.82, 2.24) is 5.32 Å². The SMILES string of the molecule is Cc1c(C)c2ccc(OC(=O)[C@@H](NC(=O)OCc3ccccc3)C(C)C)c(C)c2oc1=O. The summed E-state index contributed by atoms with van der Waals surface area (Å²) in [7, 11) is 0. The Labute approximate surface area is 186 Å². The Morgan fingerprint density at radius 1 is 0.969 bits per heavy atom. The molecule has 3 aromatic rings. The van der Waals surface area contributed by atoms with E-state index in [0.717, 1.165) is 16.5 Å². The number of nitrogens with one attached hydrogen (secondary N) is 1. The molecule has 1 heterocycles. The molecule has 0 aliphatic carbocycles. The molecular formula is C25H27NO6. The van der Waals surface area contributed by atoms with Crippen LogP contribution < -0.4 is 15.7 Å². The van der Waals surface area contributed by atoms with Crippen molar-refractivity contribution in [3.8, 4) is 5.75 Å². The molecule has 0 radical (unpaired) electrons. The van der Waals surface area contributed by atoms with Crippen LogP contribution in [0.25, 0.3) is 11.0 Å². The molecule has 0 fully saturated rings. The van der Waals surface area contributed by atoms with Gasteiger partial charge in [-0.3, -0.25) is 0 Å². The Morgan fingerprint density at radius 2 is 1.66 bits per heavy atom. The number of aryl methyl sites for hydroxylation is 2. The highest BCUT2D eigenvalue weighted by atomic mass is 16.6. The number of carbonyl (C=O) groups excluding carboxylic acids is 2. The molecule has 7 nitrogen and oxygen atoms in total. The molecule has 1 atom stereocenters. The van der Waals surface area contributed by atoms with Gasteiger partial charge in [0.1, 0.15) is 24.0 Å². The number of hydrogen-bond acceptors (Lipinski definition) is 6. The number of alkyl carbamates (subject to hydrolysis) is 1. The Balaban J connectivity index is 1.75. The zero-order valence-corrected chi connectivity index (χ0v) is 18.9. The van der Waals surface area contributed by atoms with Crippen LogP contribution in [0.5, 0.6) is 5.75 Å². The van der Waals surface area contributed by atoms with Crippen LogP contribution in [0.15, 0.2) is 51.7 Å². The predicted octanol–water partition coefficient (Wildman–Crippen LogP) is 4.57. The fourth-order valence-electron chi connectivity index (χ4n) is 3.30. The predicted molar refractivity (Wildman–Crippen MR) is 121 cm³/mol. The summed E-state index contributed by atoms with van der Waals surface area (Å²) in [6, 6.07) is 11.7. The van der Waals surface area contributed by atoms with Gasteiger partial charge in [0.05, 0.1) is 0 Å². The minimum Gasteiger partial charge on any atom is -0.445 e. The normalized spacial score (nSPS) is 11.9. The van der Waals surface area contributed by atoms with Gasteiger partial charge in [0.15, 0.2) is 0 Å². The maximum absolute atomic E-state index is 12.9. The Hall–Kier alpha value is -3.61. The Morgan fingerprint density at radius 3 is 2.31 bits per heavy atom. The molecule has 168 valence electrons. The topological polar surface area (TPSA) is 94.8 Å². The van der Waals surface area contributed by atoms with E-state index in [2.05, 4.69) is 5.32 Å². The van der Waals surface area contributed by atoms with Crippen LogP contribution in [0.3, 0.4) is 0 Å². The summed E-state index contributed by atoms with van der Waals surface area (Å²) in [6.07, 6.45) is -0.711. The molecule has 0 saturated heterocycles. The maximum Gasteiger partial charge on any atom is 0.408 e. The number of hydrogen-bond donors (Lipinski definition) is 1. The van der Waals surface area contributed by atoms with Crippen molar-refractivity contribution in [3.63, 3.8) is 0 Å². The summed E-state index contributed by atoms with van der Waals surface area (Å²) in [6.45, 7) is 8.95. The third-order valence-corrected chi connectivity index (χ3v) is 5.44. The van der Waals surface area contributed by atoms with E-state index in [1.165, 1.54) is 0 Å². The van der Waals surface area contributed by atoms with Crippen molar-refractivity contribution in [1.29, 1.82) is 0 Å². The molecule has 0 aliphatic heterocycles. The largest absolute Gasteiger partial charge is 0.445 e. The van der Waals surface area contributed by atoms with Crippen LogP contribution in [0.2, 0.25) is 0 Å². The van der Waals surface area contributed by atoms with Crippen LogP contribution >= 0.6 is 0 Å². The van der Waals surface area contributed by atoms with Gasteiger partial charge in [-0.1, -0.05) is 44.2 Å². The van der Waals surface area contributed by atoms with Gasteiger partial charge >= 0.3 is 17.7 Å². The first-order valence-corrected chi connectivity index (χ1v) is 10.4. The first-order chi connectivity index (χ1) is 15.2. The van der Waals surface area contributed by atoms with E-state index in [9.17, 15) is 14.4 Å². The van der Waals surface area contributed by atoms with Crippen molar-refractivity contribution in [2.24, 2.45) is 5.92 Å². The van der Waals surface area contributed by atoms with Gasteiger partial charge in [0, 0.05) is 16.5 Å². The average Bonchev–Trinajstić information content (AvgIpc) is 2.77. The minimum absolute atomic E-state index is 0.0914. The molecule has 0 aliphatic rings. The zero-order valence-electron chi connectivity index (χ0n) is 18.9. The van der Waals surface area contributed by atoms with Crippen LogP contribution in [-0.4, -0.2) is 18.1 Å². The van der Waals surface area contributed by atoms with E-state index in [4.69, 9.17) is 13.9 Å². The minimum atomic E-state index is -0.917. The second kappa shape index (κ2) is 9.68. The van der Waals surface area contributed by atoms with Crippen LogP contribution in [-0.2, 0) is 16.1 Å². The molecule has 0 unspecified atom stereocenters. The molecule has 1 N–H and O–H groups in total. The van der Waals surface area contributed by atoms with Crippen molar-refractivity contribution in [2.75, 3.05) is 0 Å². The quantitative estimate of drug-likeness (QED) is 0.345. The van der Waals surface area contributed by atoms with Crippen LogP contribution in [0, 0.1) is 26.7 Å². The fraction of sp³-hybridized carbons (Fsp3) is 0.320. The monoisotopic (exact) mass is 437 g/mol. The molecular weight excluding hydrogens is 410 g/mol. The smallest absolute Gasteiger partial charge is 0.408 e. The molecule has 0 saturated carbocycles. The Kier molecular flexibility index (Phi) is 6.98. The van der Waals surface area contributed by atoms with Crippen LogP contribution in [0.4, 0.5) is 4.79 Å². The molecule has 1 amide bonds. The van der Waals surface area contributed by atoms with Gasteiger partial charge in [-0.05, 0) is 49.9 Å². The third kappa shape index (κ3) is 4.99. The lowest BCUT2D eigenvalue weighted by molar-refractivity contribution is -0.137. The highest BCUT2D eigenvalue weighted by Gasteiger charge is 2.28. The maximum atomic E-state index is 12.9. The molecule has 7 heteroatoms. The van der Waals surface area contributed by atoms with Crippen LogP contribution in [0.1, 0.15) is 36.1 Å². The lowest BCUT2D eigenvalue weighted by atomic mass is 10.0. The first-order valence-electron chi connectivity index (χ1n) is 10.4. The lowest BCUT2D eigenvalue weighted by Crippen LogP contribution is -2.46. The summed E-state index contributed by atoms with van der Waals surface area (Å²) in [5.41, 5.74) is 2.68. The van der Waals surface area contributed by atoms with Crippen molar-refractivity contribution in [2.45, 2.75) is 47.3 Å². The summed E-state index contributed by atoms with van der Waals surface area (Å²) in [5.74, 6) is -0.611. The van der Waals surface area contributed by atoms with Gasteiger partial charge in [-0.25, -0.2) is 14.4 Å². The number of ether oxygens (including phenoxy) is 2. The second-order valence-corrected chi connectivity index (χ2v) is 8.05. The molecule has 3 rings (SSSR count). The number of amides is 1. The van der Waals surface area contributed by atoms with Crippen molar-refractivity contribution in [3.05, 3.63) is 75.1 Å².